The van der Waals surface area contributed by atoms with Gasteiger partial charge < -0.3 is 15.5 Å². The summed E-state index contributed by atoms with van der Waals surface area (Å²) in [5.41, 5.74) is 1.14. The first-order chi connectivity index (χ1) is 10.4. The first-order valence-electron chi connectivity index (χ1n) is 7.39. The minimum absolute atomic E-state index is 0.0555. The highest BCUT2D eigenvalue weighted by Gasteiger charge is 2.15. The Morgan fingerprint density at radius 3 is 2.36 bits per heavy atom. The van der Waals surface area contributed by atoms with Crippen LogP contribution < -0.4 is 10.6 Å². The van der Waals surface area contributed by atoms with E-state index in [0.717, 1.165) is 12.0 Å². The molecule has 122 valence electrons. The zero-order valence-corrected chi connectivity index (χ0v) is 14.1. The number of hydrogen-bond donors (Lipinski definition) is 2. The Morgan fingerprint density at radius 2 is 1.77 bits per heavy atom. The van der Waals surface area contributed by atoms with Gasteiger partial charge in [0.1, 0.15) is 0 Å². The van der Waals surface area contributed by atoms with Gasteiger partial charge in [-0.25, -0.2) is 4.79 Å². The van der Waals surface area contributed by atoms with Gasteiger partial charge in [-0.15, -0.1) is 0 Å². The van der Waals surface area contributed by atoms with E-state index in [1.54, 1.807) is 11.9 Å². The Kier molecular flexibility index (Phi) is 7.74. The molecular formula is C16H24ClN3O2. The first-order valence-corrected chi connectivity index (χ1v) is 7.77. The average molecular weight is 326 g/mol. The third-order valence-corrected chi connectivity index (χ3v) is 3.68. The van der Waals surface area contributed by atoms with Crippen LogP contribution in [0.5, 0.6) is 0 Å². The van der Waals surface area contributed by atoms with Crippen molar-refractivity contribution in [2.24, 2.45) is 0 Å². The van der Waals surface area contributed by atoms with Gasteiger partial charge in [-0.3, -0.25) is 4.79 Å². The highest BCUT2D eigenvalue weighted by Crippen LogP contribution is 2.12. The maximum absolute atomic E-state index is 12.0. The Hall–Kier alpha value is -1.75. The topological polar surface area (TPSA) is 61.4 Å². The van der Waals surface area contributed by atoms with E-state index in [1.165, 1.54) is 6.92 Å². The Labute approximate surface area is 137 Å². The van der Waals surface area contributed by atoms with Crippen LogP contribution in [0, 0.1) is 0 Å². The lowest BCUT2D eigenvalue weighted by molar-refractivity contribution is -0.118. The molecule has 0 unspecified atom stereocenters. The molecule has 0 spiro atoms. The number of urea groups is 1. The number of halogens is 1. The van der Waals surface area contributed by atoms with Gasteiger partial charge in [0.05, 0.1) is 0 Å². The fourth-order valence-corrected chi connectivity index (χ4v) is 2.10. The number of hydrogen-bond acceptors (Lipinski definition) is 2. The van der Waals surface area contributed by atoms with Crippen molar-refractivity contribution in [3.63, 3.8) is 0 Å². The van der Waals surface area contributed by atoms with Gasteiger partial charge in [0.15, 0.2) is 0 Å². The number of carbonyl (C=O) groups is 2. The molecule has 1 aromatic carbocycles. The highest BCUT2D eigenvalue weighted by molar-refractivity contribution is 6.30. The minimum Gasteiger partial charge on any atom is -0.356 e. The van der Waals surface area contributed by atoms with E-state index >= 15 is 0 Å². The second kappa shape index (κ2) is 9.30. The molecule has 5 nitrogen and oxygen atoms in total. The van der Waals surface area contributed by atoms with E-state index in [4.69, 9.17) is 11.6 Å². The van der Waals surface area contributed by atoms with Gasteiger partial charge in [-0.2, -0.15) is 0 Å². The van der Waals surface area contributed by atoms with Crippen molar-refractivity contribution in [3.8, 4) is 0 Å². The maximum Gasteiger partial charge on any atom is 0.317 e. The van der Waals surface area contributed by atoms with Gasteiger partial charge in [-0.05, 0) is 37.5 Å². The van der Waals surface area contributed by atoms with Crippen molar-refractivity contribution < 1.29 is 9.59 Å². The van der Waals surface area contributed by atoms with Gasteiger partial charge in [-0.1, -0.05) is 23.7 Å². The van der Waals surface area contributed by atoms with Crippen LogP contribution in [0.4, 0.5) is 4.79 Å². The molecule has 0 saturated heterocycles. The minimum atomic E-state index is -0.107. The molecule has 0 aliphatic rings. The Bertz CT molecular complexity index is 491. The maximum atomic E-state index is 12.0. The molecule has 1 aromatic rings. The van der Waals surface area contributed by atoms with Crippen molar-refractivity contribution in [2.45, 2.75) is 32.7 Å². The molecule has 3 amide bonds. The number of carbonyl (C=O) groups excluding carboxylic acids is 2. The quantitative estimate of drug-likeness (QED) is 0.756. The number of rotatable bonds is 7. The summed E-state index contributed by atoms with van der Waals surface area (Å²) in [6.45, 7) is 4.59. The second-order valence-electron chi connectivity index (χ2n) is 5.36. The van der Waals surface area contributed by atoms with E-state index in [1.807, 2.05) is 31.2 Å². The lowest BCUT2D eigenvalue weighted by Crippen LogP contribution is -2.43. The zero-order chi connectivity index (χ0) is 16.5. The predicted octanol–water partition coefficient (Wildman–Crippen LogP) is 2.44. The molecule has 6 heteroatoms. The molecular weight excluding hydrogens is 302 g/mol. The van der Waals surface area contributed by atoms with Crippen molar-refractivity contribution in [1.82, 2.24) is 15.5 Å². The lowest BCUT2D eigenvalue weighted by Gasteiger charge is -2.25. The van der Waals surface area contributed by atoms with E-state index in [9.17, 15) is 9.59 Å². The van der Waals surface area contributed by atoms with Crippen LogP contribution in [0.15, 0.2) is 24.3 Å². The standard InChI is InChI=1S/C16H24ClN3O2/c1-12(11-14-5-7-15(17)8-6-14)20(3)16(22)19-10-4-9-18-13(2)21/h5-8,12H,4,9-11H2,1-3H3,(H,18,21)(H,19,22)/t12-/m0/s1. The van der Waals surface area contributed by atoms with E-state index in [2.05, 4.69) is 10.6 Å². The molecule has 0 radical (unpaired) electrons. The van der Waals surface area contributed by atoms with E-state index in [-0.39, 0.29) is 18.0 Å². The molecule has 0 heterocycles. The van der Waals surface area contributed by atoms with Crippen LogP contribution in [0.25, 0.3) is 0 Å². The molecule has 2 N–H and O–H groups in total. The molecule has 0 aliphatic heterocycles. The molecule has 1 rings (SSSR count). The van der Waals surface area contributed by atoms with Crippen LogP contribution in [0.1, 0.15) is 25.8 Å². The number of benzene rings is 1. The van der Waals surface area contributed by atoms with E-state index < -0.39 is 0 Å². The first kappa shape index (κ1) is 18.3. The van der Waals surface area contributed by atoms with Crippen LogP contribution in [0.2, 0.25) is 5.02 Å². The summed E-state index contributed by atoms with van der Waals surface area (Å²) in [7, 11) is 1.78. The predicted molar refractivity (Wildman–Crippen MR) is 89.1 cm³/mol. The summed E-state index contributed by atoms with van der Waals surface area (Å²) in [6.07, 6.45) is 1.48. The highest BCUT2D eigenvalue weighted by atomic mass is 35.5. The fourth-order valence-electron chi connectivity index (χ4n) is 1.97. The number of nitrogens with one attached hydrogen (secondary N) is 2. The van der Waals surface area contributed by atoms with Crippen LogP contribution >= 0.6 is 11.6 Å². The second-order valence-corrected chi connectivity index (χ2v) is 5.80. The summed E-state index contributed by atoms with van der Waals surface area (Å²) in [5.74, 6) is -0.0555. The van der Waals surface area contributed by atoms with E-state index in [0.29, 0.717) is 24.5 Å². The van der Waals surface area contributed by atoms with Crippen LogP contribution in [-0.2, 0) is 11.2 Å². The monoisotopic (exact) mass is 325 g/mol. The molecule has 0 aromatic heterocycles. The number of nitrogens with zero attached hydrogens (tertiary/aromatic N) is 1. The van der Waals surface area contributed by atoms with Crippen LogP contribution in [-0.4, -0.2) is 43.0 Å². The van der Waals surface area contributed by atoms with Crippen molar-refractivity contribution in [2.75, 3.05) is 20.1 Å². The molecule has 0 aliphatic carbocycles. The third kappa shape index (κ3) is 6.80. The molecule has 22 heavy (non-hydrogen) atoms. The summed E-state index contributed by atoms with van der Waals surface area (Å²) in [4.78, 5) is 24.4. The molecule has 1 atom stereocenters. The lowest BCUT2D eigenvalue weighted by atomic mass is 10.1. The van der Waals surface area contributed by atoms with Crippen molar-refractivity contribution in [3.05, 3.63) is 34.9 Å². The third-order valence-electron chi connectivity index (χ3n) is 3.43. The zero-order valence-electron chi connectivity index (χ0n) is 13.4. The van der Waals surface area contributed by atoms with Gasteiger partial charge >= 0.3 is 6.03 Å². The largest absolute Gasteiger partial charge is 0.356 e. The molecule has 0 saturated carbocycles. The summed E-state index contributed by atoms with van der Waals surface area (Å²) < 4.78 is 0. The smallest absolute Gasteiger partial charge is 0.317 e. The van der Waals surface area contributed by atoms with Crippen molar-refractivity contribution in [1.29, 1.82) is 0 Å². The number of likely N-dealkylation sites (N-methyl/N-ethyl adjacent to an activating group) is 1. The van der Waals surface area contributed by atoms with Gasteiger partial charge in [0.2, 0.25) is 5.91 Å². The van der Waals surface area contributed by atoms with Gasteiger partial charge in [0.25, 0.3) is 0 Å². The Morgan fingerprint density at radius 1 is 1.18 bits per heavy atom. The normalized spacial score (nSPS) is 11.6. The molecule has 0 bridgehead atoms. The summed E-state index contributed by atoms with van der Waals surface area (Å²) in [6, 6.07) is 7.62. The SMILES string of the molecule is CC(=O)NCCCNC(=O)N(C)[C@@H](C)Cc1ccc(Cl)cc1. The average Bonchev–Trinajstić information content (AvgIpc) is 2.47. The Balaban J connectivity index is 2.32. The number of amides is 3. The van der Waals surface area contributed by atoms with Crippen molar-refractivity contribution >= 4 is 23.5 Å². The van der Waals surface area contributed by atoms with Crippen LogP contribution in [0.3, 0.4) is 0 Å². The summed E-state index contributed by atoms with van der Waals surface area (Å²) >= 11 is 5.86. The van der Waals surface area contributed by atoms with Gasteiger partial charge in [0, 0.05) is 38.1 Å². The summed E-state index contributed by atoms with van der Waals surface area (Å²) in [5, 5.41) is 6.25. The fraction of sp³-hybridized carbons (Fsp3) is 0.500. The molecule has 0 fully saturated rings.